The topological polar surface area (TPSA) is 66.8 Å². The summed E-state index contributed by atoms with van der Waals surface area (Å²) in [7, 11) is 0. The van der Waals surface area contributed by atoms with Crippen LogP contribution in [0.3, 0.4) is 0 Å². The maximum atomic E-state index is 12.2. The molecule has 3 fully saturated rings. The van der Waals surface area contributed by atoms with Crippen molar-refractivity contribution in [2.75, 3.05) is 6.54 Å². The number of nitrogens with zero attached hydrogens (tertiary/aromatic N) is 1. The Bertz CT molecular complexity index is 530. The van der Waals surface area contributed by atoms with E-state index >= 15 is 0 Å². The van der Waals surface area contributed by atoms with Gasteiger partial charge in [0.05, 0.1) is 5.92 Å². The molecule has 5 nitrogen and oxygen atoms in total. The Kier molecular flexibility index (Phi) is 3.82. The Balaban J connectivity index is 1.58. The van der Waals surface area contributed by atoms with E-state index in [1.54, 1.807) is 4.90 Å². The number of carboxylic acids is 1. The molecule has 1 amide bonds. The van der Waals surface area contributed by atoms with Gasteiger partial charge in [-0.3, -0.25) is 4.79 Å². The van der Waals surface area contributed by atoms with E-state index in [2.05, 4.69) is 0 Å². The molecule has 3 atom stereocenters. The third-order valence-electron chi connectivity index (χ3n) is 4.59. The van der Waals surface area contributed by atoms with Crippen LogP contribution in [0.5, 0.6) is 0 Å². The lowest BCUT2D eigenvalue weighted by molar-refractivity contribution is -0.149. The van der Waals surface area contributed by atoms with E-state index < -0.39 is 5.97 Å². The molecule has 112 valence electrons. The molecule has 1 aliphatic carbocycles. The van der Waals surface area contributed by atoms with Crippen molar-refractivity contribution in [1.29, 1.82) is 0 Å². The monoisotopic (exact) mass is 289 g/mol. The van der Waals surface area contributed by atoms with Gasteiger partial charge in [-0.1, -0.05) is 30.3 Å². The molecule has 21 heavy (non-hydrogen) atoms. The quantitative estimate of drug-likeness (QED) is 0.928. The molecular formula is C16H19NO4. The van der Waals surface area contributed by atoms with Crippen LogP contribution < -0.4 is 0 Å². The van der Waals surface area contributed by atoms with E-state index in [0.717, 1.165) is 18.4 Å². The molecule has 3 unspecified atom stereocenters. The lowest BCUT2D eigenvalue weighted by atomic mass is 9.72. The van der Waals surface area contributed by atoms with Crippen LogP contribution in [0.25, 0.3) is 0 Å². The Morgan fingerprint density at radius 2 is 2.00 bits per heavy atom. The Labute approximate surface area is 123 Å². The van der Waals surface area contributed by atoms with Crippen molar-refractivity contribution >= 4 is 12.1 Å². The van der Waals surface area contributed by atoms with Gasteiger partial charge >= 0.3 is 12.1 Å². The SMILES string of the molecule is O=C(O)C1CC2CCC1CN2C(=O)OCc1ccccc1. The number of carboxylic acid groups (broad SMARTS) is 1. The van der Waals surface area contributed by atoms with Gasteiger partial charge < -0.3 is 14.7 Å². The van der Waals surface area contributed by atoms with Crippen molar-refractivity contribution in [2.24, 2.45) is 11.8 Å². The smallest absolute Gasteiger partial charge is 0.410 e. The van der Waals surface area contributed by atoms with Gasteiger partial charge in [0.1, 0.15) is 6.61 Å². The highest BCUT2D eigenvalue weighted by atomic mass is 16.6. The minimum atomic E-state index is -0.734. The molecule has 5 heteroatoms. The summed E-state index contributed by atoms with van der Waals surface area (Å²) in [6, 6.07) is 9.57. The summed E-state index contributed by atoms with van der Waals surface area (Å²) in [5, 5.41) is 9.20. The standard InChI is InChI=1S/C16H19NO4/c18-15(19)14-8-13-7-6-12(14)9-17(13)16(20)21-10-11-4-2-1-3-5-11/h1-5,12-14H,6-10H2,(H,18,19). The zero-order valence-corrected chi connectivity index (χ0v) is 11.8. The van der Waals surface area contributed by atoms with E-state index in [1.165, 1.54) is 0 Å². The highest BCUT2D eigenvalue weighted by Crippen LogP contribution is 2.39. The van der Waals surface area contributed by atoms with Crippen molar-refractivity contribution in [3.05, 3.63) is 35.9 Å². The summed E-state index contributed by atoms with van der Waals surface area (Å²) in [4.78, 5) is 25.1. The van der Waals surface area contributed by atoms with Gasteiger partial charge in [0.2, 0.25) is 0 Å². The van der Waals surface area contributed by atoms with Gasteiger partial charge in [0.25, 0.3) is 0 Å². The number of carbonyl (C=O) groups is 2. The zero-order chi connectivity index (χ0) is 14.8. The number of fused-ring (bicyclic) bond motifs is 3. The Morgan fingerprint density at radius 3 is 2.62 bits per heavy atom. The van der Waals surface area contributed by atoms with Crippen LogP contribution in [-0.2, 0) is 16.1 Å². The van der Waals surface area contributed by atoms with Gasteiger partial charge in [-0.15, -0.1) is 0 Å². The fourth-order valence-electron chi connectivity index (χ4n) is 3.44. The molecule has 2 aliphatic heterocycles. The predicted molar refractivity (Wildman–Crippen MR) is 75.6 cm³/mol. The minimum absolute atomic E-state index is 0.0133. The Morgan fingerprint density at radius 1 is 1.24 bits per heavy atom. The zero-order valence-electron chi connectivity index (χ0n) is 11.8. The molecule has 1 N–H and O–H groups in total. The van der Waals surface area contributed by atoms with Crippen LogP contribution in [0.2, 0.25) is 0 Å². The van der Waals surface area contributed by atoms with Gasteiger partial charge in [0, 0.05) is 12.6 Å². The van der Waals surface area contributed by atoms with Crippen LogP contribution in [0.1, 0.15) is 24.8 Å². The van der Waals surface area contributed by atoms with Gasteiger partial charge in [-0.25, -0.2) is 4.79 Å². The molecule has 2 saturated heterocycles. The van der Waals surface area contributed by atoms with E-state index in [4.69, 9.17) is 4.74 Å². The molecule has 4 rings (SSSR count). The fraction of sp³-hybridized carbons (Fsp3) is 0.500. The average molecular weight is 289 g/mol. The number of ether oxygens (including phenoxy) is 1. The summed E-state index contributed by atoms with van der Waals surface area (Å²) in [6.45, 7) is 0.769. The van der Waals surface area contributed by atoms with E-state index in [9.17, 15) is 14.7 Å². The lowest BCUT2D eigenvalue weighted by Gasteiger charge is -2.47. The molecule has 1 saturated carbocycles. The van der Waals surface area contributed by atoms with Crippen molar-refractivity contribution in [2.45, 2.75) is 31.9 Å². The number of carbonyl (C=O) groups excluding carboxylic acids is 1. The van der Waals surface area contributed by atoms with Crippen molar-refractivity contribution < 1.29 is 19.4 Å². The Hall–Kier alpha value is -2.04. The van der Waals surface area contributed by atoms with Crippen molar-refractivity contribution in [3.63, 3.8) is 0 Å². The molecule has 0 radical (unpaired) electrons. The number of piperidine rings is 2. The third-order valence-corrected chi connectivity index (χ3v) is 4.59. The summed E-state index contributed by atoms with van der Waals surface area (Å²) in [6.07, 6.45) is 2.01. The summed E-state index contributed by atoms with van der Waals surface area (Å²) >= 11 is 0. The second-order valence-corrected chi connectivity index (χ2v) is 5.86. The highest BCUT2D eigenvalue weighted by molar-refractivity contribution is 5.73. The lowest BCUT2D eigenvalue weighted by Crippen LogP contribution is -2.55. The summed E-state index contributed by atoms with van der Waals surface area (Å²) in [5.74, 6) is -0.972. The average Bonchev–Trinajstić information content (AvgIpc) is 2.53. The van der Waals surface area contributed by atoms with Crippen molar-refractivity contribution in [1.82, 2.24) is 4.90 Å². The molecule has 1 aromatic carbocycles. The first-order chi connectivity index (χ1) is 10.1. The van der Waals surface area contributed by atoms with Crippen molar-refractivity contribution in [3.8, 4) is 0 Å². The summed E-state index contributed by atoms with van der Waals surface area (Å²) in [5.41, 5.74) is 0.955. The predicted octanol–water partition coefficient (Wildman–Crippen LogP) is 2.51. The van der Waals surface area contributed by atoms with Gasteiger partial charge in [0.15, 0.2) is 0 Å². The normalized spacial score (nSPS) is 27.4. The first kappa shape index (κ1) is 13.9. The van der Waals surface area contributed by atoms with Crippen LogP contribution in [0.15, 0.2) is 30.3 Å². The largest absolute Gasteiger partial charge is 0.481 e. The van der Waals surface area contributed by atoms with E-state index in [-0.39, 0.29) is 30.6 Å². The second-order valence-electron chi connectivity index (χ2n) is 5.86. The molecule has 0 spiro atoms. The second kappa shape index (κ2) is 5.76. The molecule has 2 heterocycles. The number of hydrogen-bond acceptors (Lipinski definition) is 3. The highest BCUT2D eigenvalue weighted by Gasteiger charge is 2.45. The maximum Gasteiger partial charge on any atom is 0.410 e. The molecular weight excluding hydrogens is 270 g/mol. The van der Waals surface area contributed by atoms with Crippen LogP contribution in [0, 0.1) is 11.8 Å². The molecule has 0 aromatic heterocycles. The minimum Gasteiger partial charge on any atom is -0.481 e. The first-order valence-corrected chi connectivity index (χ1v) is 7.35. The number of hydrogen-bond donors (Lipinski definition) is 1. The van der Waals surface area contributed by atoms with Crippen LogP contribution >= 0.6 is 0 Å². The first-order valence-electron chi connectivity index (χ1n) is 7.35. The van der Waals surface area contributed by atoms with Gasteiger partial charge in [-0.2, -0.15) is 0 Å². The summed E-state index contributed by atoms with van der Waals surface area (Å²) < 4.78 is 5.36. The molecule has 1 aromatic rings. The number of rotatable bonds is 3. The van der Waals surface area contributed by atoms with Crippen LogP contribution in [0.4, 0.5) is 4.79 Å². The number of benzene rings is 1. The fourth-order valence-corrected chi connectivity index (χ4v) is 3.44. The molecule has 2 bridgehead atoms. The van der Waals surface area contributed by atoms with Gasteiger partial charge in [-0.05, 0) is 30.7 Å². The van der Waals surface area contributed by atoms with E-state index in [0.29, 0.717) is 13.0 Å². The number of amides is 1. The third kappa shape index (κ3) is 2.86. The van der Waals surface area contributed by atoms with Crippen LogP contribution in [-0.4, -0.2) is 34.7 Å². The maximum absolute atomic E-state index is 12.2. The van der Waals surface area contributed by atoms with E-state index in [1.807, 2.05) is 30.3 Å². The number of aliphatic carboxylic acids is 1. The molecule has 3 aliphatic rings.